The number of rotatable bonds is 4. The van der Waals surface area contributed by atoms with Gasteiger partial charge in [0, 0.05) is 17.6 Å². The molecule has 1 N–H and O–H groups in total. The van der Waals surface area contributed by atoms with E-state index >= 15 is 0 Å². The van der Waals surface area contributed by atoms with E-state index in [2.05, 4.69) is 0 Å². The Labute approximate surface area is 150 Å². The number of hydrogen-bond acceptors (Lipinski definition) is 3. The van der Waals surface area contributed by atoms with Gasteiger partial charge in [0.05, 0.1) is 6.07 Å². The molecule has 6 heteroatoms. The summed E-state index contributed by atoms with van der Waals surface area (Å²) < 4.78 is 2.69. The lowest BCUT2D eigenvalue weighted by molar-refractivity contribution is 0.297. The first-order valence-electron chi connectivity index (χ1n) is 8.82. The monoisotopic (exact) mass is 360 g/mol. The molecule has 0 amide bonds. The van der Waals surface area contributed by atoms with Crippen molar-refractivity contribution in [3.63, 3.8) is 0 Å². The third-order valence-electron chi connectivity index (χ3n) is 5.77. The average Bonchev–Trinajstić information content (AvgIpc) is 3.19. The minimum Gasteiger partial charge on any atom is -0.494 e. The van der Waals surface area contributed by atoms with Gasteiger partial charge in [-0.3, -0.25) is 13.9 Å². The molecule has 0 aliphatic heterocycles. The highest BCUT2D eigenvalue weighted by Gasteiger charge is 2.41. The minimum atomic E-state index is -0.392. The van der Waals surface area contributed by atoms with Crippen molar-refractivity contribution >= 4 is 11.6 Å². The Morgan fingerprint density at radius 3 is 2.52 bits per heavy atom. The quantitative estimate of drug-likeness (QED) is 0.911. The Morgan fingerprint density at radius 2 is 1.88 bits per heavy atom. The first-order valence-corrected chi connectivity index (χ1v) is 9.20. The smallest absolute Gasteiger partial charge is 0.334 e. The molecular weight excluding hydrogens is 340 g/mol. The molecule has 2 fully saturated rings. The van der Waals surface area contributed by atoms with Gasteiger partial charge in [-0.1, -0.05) is 30.2 Å². The fraction of sp³-hybridized carbons (Fsp3) is 0.474. The molecule has 3 unspecified atom stereocenters. The van der Waals surface area contributed by atoms with Crippen LogP contribution >= 0.6 is 11.6 Å². The van der Waals surface area contributed by atoms with Crippen molar-refractivity contribution in [2.75, 3.05) is 0 Å². The van der Waals surface area contributed by atoms with Gasteiger partial charge in [0.25, 0.3) is 5.56 Å². The fourth-order valence-electron chi connectivity index (χ4n) is 4.52. The van der Waals surface area contributed by atoms with Crippen LogP contribution in [-0.4, -0.2) is 14.2 Å². The largest absolute Gasteiger partial charge is 0.494 e. The van der Waals surface area contributed by atoms with Crippen molar-refractivity contribution in [3.05, 3.63) is 61.8 Å². The highest BCUT2D eigenvalue weighted by molar-refractivity contribution is 6.30. The van der Waals surface area contributed by atoms with Crippen LogP contribution in [0.5, 0.6) is 5.88 Å². The van der Waals surface area contributed by atoms with E-state index in [1.165, 1.54) is 21.6 Å². The van der Waals surface area contributed by atoms with Crippen LogP contribution in [0.4, 0.5) is 0 Å². The summed E-state index contributed by atoms with van der Waals surface area (Å²) in [5, 5.41) is 10.8. The number of aromatic nitrogens is 2. The summed E-state index contributed by atoms with van der Waals surface area (Å²) in [5.41, 5.74) is 0.243. The van der Waals surface area contributed by atoms with Crippen molar-refractivity contribution in [3.8, 4) is 5.88 Å². The van der Waals surface area contributed by atoms with Gasteiger partial charge in [-0.05, 0) is 55.2 Å². The van der Waals surface area contributed by atoms with Crippen LogP contribution < -0.4 is 11.2 Å². The Hall–Kier alpha value is -2.01. The highest BCUT2D eigenvalue weighted by Crippen LogP contribution is 2.49. The first kappa shape index (κ1) is 16.5. The van der Waals surface area contributed by atoms with Crippen LogP contribution in [0.3, 0.4) is 0 Å². The number of fused-ring (bicyclic) bond motifs is 2. The third kappa shape index (κ3) is 3.01. The number of hydrogen-bond donors (Lipinski definition) is 1. The van der Waals surface area contributed by atoms with Gasteiger partial charge in [0.15, 0.2) is 0 Å². The zero-order valence-electron chi connectivity index (χ0n) is 13.9. The van der Waals surface area contributed by atoms with Gasteiger partial charge >= 0.3 is 5.69 Å². The molecule has 2 aliphatic rings. The molecule has 25 heavy (non-hydrogen) atoms. The minimum absolute atomic E-state index is 0.0128. The Kier molecular flexibility index (Phi) is 4.20. The van der Waals surface area contributed by atoms with E-state index in [4.69, 9.17) is 11.6 Å². The van der Waals surface area contributed by atoms with Gasteiger partial charge < -0.3 is 5.11 Å². The molecule has 1 aromatic heterocycles. The summed E-state index contributed by atoms with van der Waals surface area (Å²) >= 11 is 5.89. The van der Waals surface area contributed by atoms with E-state index in [0.29, 0.717) is 29.8 Å². The summed E-state index contributed by atoms with van der Waals surface area (Å²) in [6.07, 6.45) is 4.90. The Morgan fingerprint density at radius 1 is 1.12 bits per heavy atom. The molecule has 4 rings (SSSR count). The van der Waals surface area contributed by atoms with E-state index in [0.717, 1.165) is 24.8 Å². The highest BCUT2D eigenvalue weighted by atomic mass is 35.5. The van der Waals surface area contributed by atoms with E-state index in [1.54, 1.807) is 12.1 Å². The van der Waals surface area contributed by atoms with Crippen molar-refractivity contribution < 1.29 is 5.11 Å². The lowest BCUT2D eigenvalue weighted by Crippen LogP contribution is -2.43. The number of benzene rings is 1. The number of aryl methyl sites for hydroxylation is 1. The topological polar surface area (TPSA) is 64.2 Å². The van der Waals surface area contributed by atoms with Crippen molar-refractivity contribution in [1.29, 1.82) is 0 Å². The maximum Gasteiger partial charge on any atom is 0.334 e. The molecule has 2 aliphatic carbocycles. The SMILES string of the molecule is O=c1cc(O)n(CCc2ccc(Cl)cc2)c(=O)n1C1CC2CCC1C2. The van der Waals surface area contributed by atoms with Crippen LogP contribution in [0.25, 0.3) is 0 Å². The van der Waals surface area contributed by atoms with Gasteiger partial charge in [-0.15, -0.1) is 0 Å². The Bertz CT molecular complexity index is 900. The van der Waals surface area contributed by atoms with Gasteiger partial charge in [-0.25, -0.2) is 4.79 Å². The lowest BCUT2D eigenvalue weighted by atomic mass is 9.95. The van der Waals surface area contributed by atoms with Crippen LogP contribution in [0, 0.1) is 11.8 Å². The van der Waals surface area contributed by atoms with E-state index in [-0.39, 0.29) is 17.5 Å². The van der Waals surface area contributed by atoms with Gasteiger partial charge in [0.1, 0.15) is 0 Å². The van der Waals surface area contributed by atoms with Crippen molar-refractivity contribution in [1.82, 2.24) is 9.13 Å². The molecule has 2 saturated carbocycles. The Balaban J connectivity index is 1.64. The molecule has 132 valence electrons. The second kappa shape index (κ2) is 6.37. The summed E-state index contributed by atoms with van der Waals surface area (Å²) in [5.74, 6) is 0.797. The normalized spacial score (nSPS) is 24.8. The molecule has 0 spiro atoms. The second-order valence-electron chi connectivity index (χ2n) is 7.26. The van der Waals surface area contributed by atoms with Crippen molar-refractivity contribution in [2.45, 2.75) is 44.7 Å². The molecule has 5 nitrogen and oxygen atoms in total. The average molecular weight is 361 g/mol. The number of nitrogens with zero attached hydrogens (tertiary/aromatic N) is 2. The predicted molar refractivity (Wildman–Crippen MR) is 96.3 cm³/mol. The second-order valence-corrected chi connectivity index (χ2v) is 7.70. The maximum atomic E-state index is 12.9. The molecule has 2 bridgehead atoms. The molecular formula is C19H21ClN2O3. The van der Waals surface area contributed by atoms with E-state index < -0.39 is 5.69 Å². The fourth-order valence-corrected chi connectivity index (χ4v) is 4.64. The first-order chi connectivity index (χ1) is 12.0. The van der Waals surface area contributed by atoms with E-state index in [1.807, 2.05) is 12.1 Å². The summed E-state index contributed by atoms with van der Waals surface area (Å²) in [6, 6.07) is 8.56. The molecule has 0 radical (unpaired) electrons. The number of aromatic hydroxyl groups is 1. The molecule has 3 atom stereocenters. The third-order valence-corrected chi connectivity index (χ3v) is 6.03. The van der Waals surface area contributed by atoms with Crippen LogP contribution in [-0.2, 0) is 13.0 Å². The molecule has 1 heterocycles. The van der Waals surface area contributed by atoms with Crippen molar-refractivity contribution in [2.24, 2.45) is 11.8 Å². The van der Waals surface area contributed by atoms with Crippen LogP contribution in [0.15, 0.2) is 39.9 Å². The van der Waals surface area contributed by atoms with E-state index in [9.17, 15) is 14.7 Å². The standard InChI is InChI=1S/C19H21ClN2O3/c20-15-5-2-12(3-6-15)7-8-21-17(23)11-18(24)22(19(21)25)16-10-13-1-4-14(16)9-13/h2-3,5-6,11,13-14,16,23H,1,4,7-10H2. The maximum absolute atomic E-state index is 12.9. The zero-order valence-corrected chi connectivity index (χ0v) is 14.7. The summed E-state index contributed by atoms with van der Waals surface area (Å²) in [4.78, 5) is 25.3. The number of halogens is 1. The summed E-state index contributed by atoms with van der Waals surface area (Å²) in [6.45, 7) is 0.327. The van der Waals surface area contributed by atoms with Crippen LogP contribution in [0.2, 0.25) is 5.02 Å². The predicted octanol–water partition coefficient (Wildman–Crippen LogP) is 2.97. The molecule has 1 aromatic carbocycles. The summed E-state index contributed by atoms with van der Waals surface area (Å²) in [7, 11) is 0. The molecule has 0 saturated heterocycles. The molecule has 2 aromatic rings. The van der Waals surface area contributed by atoms with Gasteiger partial charge in [-0.2, -0.15) is 0 Å². The lowest BCUT2D eigenvalue weighted by Gasteiger charge is -2.24. The van der Waals surface area contributed by atoms with Crippen LogP contribution in [0.1, 0.15) is 37.3 Å². The van der Waals surface area contributed by atoms with Gasteiger partial charge in [0.2, 0.25) is 5.88 Å². The zero-order chi connectivity index (χ0) is 17.6.